The molecule has 0 aliphatic rings. The summed E-state index contributed by atoms with van der Waals surface area (Å²) in [5, 5.41) is 4.01. The lowest BCUT2D eigenvalue weighted by atomic mass is 10.1. The zero-order valence-electron chi connectivity index (χ0n) is 9.07. The van der Waals surface area contributed by atoms with Crippen molar-refractivity contribution >= 4 is 23.8 Å². The van der Waals surface area contributed by atoms with Crippen molar-refractivity contribution in [3.63, 3.8) is 0 Å². The molecule has 0 fully saturated rings. The van der Waals surface area contributed by atoms with Crippen molar-refractivity contribution in [3.05, 3.63) is 34.3 Å². The van der Waals surface area contributed by atoms with E-state index in [0.717, 1.165) is 0 Å². The van der Waals surface area contributed by atoms with Gasteiger partial charge in [0.25, 0.3) is 0 Å². The number of hydrogen-bond acceptors (Lipinski definition) is 4. The highest BCUT2D eigenvalue weighted by atomic mass is 35.5. The standard InChI is InChI=1S/C11H12ClNO3/c1-3-16-11(14)8-5-4-6-10(12)9(8)7-13-15-2/h4-7H,3H2,1-2H3/b13-7+. The maximum Gasteiger partial charge on any atom is 0.338 e. The summed E-state index contributed by atoms with van der Waals surface area (Å²) < 4.78 is 4.90. The van der Waals surface area contributed by atoms with Crippen LogP contribution in [0.25, 0.3) is 0 Å². The molecule has 86 valence electrons. The Balaban J connectivity index is 3.12. The first-order valence-corrected chi connectivity index (χ1v) is 5.10. The van der Waals surface area contributed by atoms with Crippen LogP contribution in [-0.4, -0.2) is 25.9 Å². The van der Waals surface area contributed by atoms with Crippen LogP contribution in [0.3, 0.4) is 0 Å². The van der Waals surface area contributed by atoms with E-state index in [9.17, 15) is 4.79 Å². The van der Waals surface area contributed by atoms with Crippen molar-refractivity contribution in [1.29, 1.82) is 0 Å². The second kappa shape index (κ2) is 6.12. The van der Waals surface area contributed by atoms with Crippen LogP contribution >= 0.6 is 11.6 Å². The maximum atomic E-state index is 11.6. The van der Waals surface area contributed by atoms with Gasteiger partial charge in [0, 0.05) is 5.56 Å². The van der Waals surface area contributed by atoms with Gasteiger partial charge in [0.2, 0.25) is 0 Å². The minimum Gasteiger partial charge on any atom is -0.462 e. The number of oxime groups is 1. The fourth-order valence-electron chi connectivity index (χ4n) is 1.16. The summed E-state index contributed by atoms with van der Waals surface area (Å²) in [4.78, 5) is 16.2. The van der Waals surface area contributed by atoms with Crippen LogP contribution < -0.4 is 0 Å². The number of carbonyl (C=O) groups excluding carboxylic acids is 1. The highest BCUT2D eigenvalue weighted by Crippen LogP contribution is 2.19. The van der Waals surface area contributed by atoms with E-state index in [1.165, 1.54) is 13.3 Å². The number of carbonyl (C=O) groups is 1. The average Bonchev–Trinajstić information content (AvgIpc) is 2.27. The van der Waals surface area contributed by atoms with Gasteiger partial charge in [-0.05, 0) is 19.1 Å². The SMILES string of the molecule is CCOC(=O)c1cccc(Cl)c1/C=N/OC. The Kier molecular flexibility index (Phi) is 4.79. The molecule has 0 atom stereocenters. The third-order valence-electron chi connectivity index (χ3n) is 1.84. The van der Waals surface area contributed by atoms with E-state index in [4.69, 9.17) is 16.3 Å². The Morgan fingerprint density at radius 2 is 2.31 bits per heavy atom. The molecule has 1 aromatic carbocycles. The molecule has 0 radical (unpaired) electrons. The Morgan fingerprint density at radius 3 is 2.94 bits per heavy atom. The van der Waals surface area contributed by atoms with E-state index in [1.54, 1.807) is 25.1 Å². The number of rotatable bonds is 4. The van der Waals surface area contributed by atoms with Crippen molar-refractivity contribution in [2.75, 3.05) is 13.7 Å². The predicted octanol–water partition coefficient (Wildman–Crippen LogP) is 2.50. The highest BCUT2D eigenvalue weighted by molar-refractivity contribution is 6.33. The van der Waals surface area contributed by atoms with Crippen LogP contribution in [0.15, 0.2) is 23.4 Å². The second-order valence-electron chi connectivity index (χ2n) is 2.84. The largest absolute Gasteiger partial charge is 0.462 e. The van der Waals surface area contributed by atoms with Crippen LogP contribution in [0.5, 0.6) is 0 Å². The van der Waals surface area contributed by atoms with Gasteiger partial charge in [-0.1, -0.05) is 22.8 Å². The van der Waals surface area contributed by atoms with Crippen LogP contribution in [0, 0.1) is 0 Å². The Bertz CT molecular complexity index is 404. The summed E-state index contributed by atoms with van der Waals surface area (Å²) in [6, 6.07) is 4.97. The molecular weight excluding hydrogens is 230 g/mol. The van der Waals surface area contributed by atoms with E-state index < -0.39 is 5.97 Å². The summed E-state index contributed by atoms with van der Waals surface area (Å²) in [5.74, 6) is -0.428. The quantitative estimate of drug-likeness (QED) is 0.462. The van der Waals surface area contributed by atoms with Crippen molar-refractivity contribution in [2.45, 2.75) is 6.92 Å². The first-order chi connectivity index (χ1) is 7.70. The fraction of sp³-hybridized carbons (Fsp3) is 0.273. The van der Waals surface area contributed by atoms with Crippen molar-refractivity contribution < 1.29 is 14.4 Å². The first-order valence-electron chi connectivity index (χ1n) is 4.72. The molecule has 0 amide bonds. The van der Waals surface area contributed by atoms with Gasteiger partial charge in [0.05, 0.1) is 23.4 Å². The Morgan fingerprint density at radius 1 is 1.56 bits per heavy atom. The normalized spacial score (nSPS) is 10.4. The number of benzene rings is 1. The zero-order valence-corrected chi connectivity index (χ0v) is 9.82. The molecule has 0 N–H and O–H groups in total. The second-order valence-corrected chi connectivity index (χ2v) is 3.25. The average molecular weight is 242 g/mol. The van der Waals surface area contributed by atoms with E-state index in [0.29, 0.717) is 22.8 Å². The summed E-state index contributed by atoms with van der Waals surface area (Å²) in [5.41, 5.74) is 0.861. The minimum absolute atomic E-state index is 0.312. The summed E-state index contributed by atoms with van der Waals surface area (Å²) >= 11 is 5.95. The minimum atomic E-state index is -0.428. The fourth-order valence-corrected chi connectivity index (χ4v) is 1.38. The molecule has 0 aromatic heterocycles. The van der Waals surface area contributed by atoms with Gasteiger partial charge >= 0.3 is 5.97 Å². The lowest BCUT2D eigenvalue weighted by Gasteiger charge is -2.06. The molecule has 0 heterocycles. The number of nitrogens with zero attached hydrogens (tertiary/aromatic N) is 1. The molecule has 0 unspecified atom stereocenters. The van der Waals surface area contributed by atoms with Gasteiger partial charge in [0.15, 0.2) is 0 Å². The molecule has 0 saturated heterocycles. The number of halogens is 1. The van der Waals surface area contributed by atoms with E-state index in [1.807, 2.05) is 0 Å². The maximum absolute atomic E-state index is 11.6. The lowest BCUT2D eigenvalue weighted by Crippen LogP contribution is -2.08. The number of hydrogen-bond donors (Lipinski definition) is 0. The van der Waals surface area contributed by atoms with Gasteiger partial charge in [-0.3, -0.25) is 0 Å². The van der Waals surface area contributed by atoms with Gasteiger partial charge < -0.3 is 9.57 Å². The molecule has 1 aromatic rings. The van der Waals surface area contributed by atoms with Crippen molar-refractivity contribution in [2.24, 2.45) is 5.16 Å². The monoisotopic (exact) mass is 241 g/mol. The van der Waals surface area contributed by atoms with Crippen LogP contribution in [0.1, 0.15) is 22.8 Å². The number of esters is 1. The molecule has 4 nitrogen and oxygen atoms in total. The molecule has 0 aliphatic carbocycles. The van der Waals surface area contributed by atoms with E-state index in [2.05, 4.69) is 9.99 Å². The summed E-state index contributed by atoms with van der Waals surface area (Å²) in [7, 11) is 1.41. The third kappa shape index (κ3) is 2.97. The van der Waals surface area contributed by atoms with Gasteiger partial charge in [0.1, 0.15) is 7.11 Å². The van der Waals surface area contributed by atoms with Crippen LogP contribution in [-0.2, 0) is 9.57 Å². The molecule has 0 spiro atoms. The van der Waals surface area contributed by atoms with Gasteiger partial charge in [-0.15, -0.1) is 0 Å². The first kappa shape index (κ1) is 12.5. The van der Waals surface area contributed by atoms with Gasteiger partial charge in [-0.25, -0.2) is 4.79 Å². The zero-order chi connectivity index (χ0) is 12.0. The highest BCUT2D eigenvalue weighted by Gasteiger charge is 2.13. The topological polar surface area (TPSA) is 47.9 Å². The number of ether oxygens (including phenoxy) is 1. The summed E-state index contributed by atoms with van der Waals surface area (Å²) in [6.07, 6.45) is 1.38. The Labute approximate surface area is 98.8 Å². The smallest absolute Gasteiger partial charge is 0.338 e. The van der Waals surface area contributed by atoms with Gasteiger partial charge in [-0.2, -0.15) is 0 Å². The molecule has 0 bridgehead atoms. The van der Waals surface area contributed by atoms with E-state index >= 15 is 0 Å². The predicted molar refractivity (Wildman–Crippen MR) is 62.0 cm³/mol. The van der Waals surface area contributed by atoms with Crippen LogP contribution in [0.2, 0.25) is 5.02 Å². The third-order valence-corrected chi connectivity index (χ3v) is 2.17. The lowest BCUT2D eigenvalue weighted by molar-refractivity contribution is 0.0526. The van der Waals surface area contributed by atoms with Crippen molar-refractivity contribution in [3.8, 4) is 0 Å². The van der Waals surface area contributed by atoms with E-state index in [-0.39, 0.29) is 0 Å². The van der Waals surface area contributed by atoms with Crippen LogP contribution in [0.4, 0.5) is 0 Å². The van der Waals surface area contributed by atoms with Crippen molar-refractivity contribution in [1.82, 2.24) is 0 Å². The molecule has 1 rings (SSSR count). The molecule has 0 saturated carbocycles. The Hall–Kier alpha value is -1.55. The summed E-state index contributed by atoms with van der Waals surface area (Å²) in [6.45, 7) is 2.05. The molecule has 5 heteroatoms. The molecule has 0 aliphatic heterocycles. The molecular formula is C11H12ClNO3. The molecule has 16 heavy (non-hydrogen) atoms.